The third-order valence-electron chi connectivity index (χ3n) is 4.43. The maximum absolute atomic E-state index is 6.03. The van der Waals surface area contributed by atoms with Gasteiger partial charge in [0.25, 0.3) is 0 Å². The first-order valence-electron chi connectivity index (χ1n) is 7.42. The number of likely N-dealkylation sites (N-methyl/N-ethyl adjacent to an activating group) is 1. The van der Waals surface area contributed by atoms with Crippen molar-refractivity contribution in [1.82, 2.24) is 4.90 Å². The van der Waals surface area contributed by atoms with Gasteiger partial charge in [-0.3, -0.25) is 0 Å². The first kappa shape index (κ1) is 14.4. The molecular weight excluding hydrogens is 234 g/mol. The van der Waals surface area contributed by atoms with Gasteiger partial charge in [-0.2, -0.15) is 0 Å². The van der Waals surface area contributed by atoms with Crippen LogP contribution < -0.4 is 10.6 Å². The predicted octanol–water partition coefficient (Wildman–Crippen LogP) is 2.11. The van der Waals surface area contributed by atoms with Gasteiger partial charge in [0.1, 0.15) is 0 Å². The molecule has 0 amide bonds. The molecule has 1 aliphatic heterocycles. The third-order valence-corrected chi connectivity index (χ3v) is 4.43. The van der Waals surface area contributed by atoms with Crippen molar-refractivity contribution in [3.63, 3.8) is 0 Å². The van der Waals surface area contributed by atoms with Gasteiger partial charge in [-0.05, 0) is 38.4 Å². The highest BCUT2D eigenvalue weighted by Gasteiger charge is 2.26. The van der Waals surface area contributed by atoms with E-state index in [9.17, 15) is 0 Å². The van der Waals surface area contributed by atoms with Gasteiger partial charge in [-0.25, -0.2) is 0 Å². The molecule has 2 atom stereocenters. The number of nitrogens with two attached hydrogens (primary N) is 1. The average Bonchev–Trinajstić information content (AvgIpc) is 2.59. The van der Waals surface area contributed by atoms with Crippen molar-refractivity contribution in [2.75, 3.05) is 31.6 Å². The van der Waals surface area contributed by atoms with E-state index in [0.29, 0.717) is 12.1 Å². The molecular formula is C16H27N3. The van der Waals surface area contributed by atoms with E-state index in [1.165, 1.54) is 17.7 Å². The van der Waals surface area contributed by atoms with E-state index < -0.39 is 0 Å². The summed E-state index contributed by atoms with van der Waals surface area (Å²) >= 11 is 0. The fraction of sp³-hybridized carbons (Fsp3) is 0.625. The van der Waals surface area contributed by atoms with E-state index in [1.54, 1.807) is 0 Å². The minimum absolute atomic E-state index is 0.419. The van der Waals surface area contributed by atoms with Crippen LogP contribution in [0.2, 0.25) is 0 Å². The van der Waals surface area contributed by atoms with Crippen LogP contribution in [0.25, 0.3) is 0 Å². The van der Waals surface area contributed by atoms with Crippen molar-refractivity contribution in [1.29, 1.82) is 0 Å². The monoisotopic (exact) mass is 261 g/mol. The number of anilines is 1. The van der Waals surface area contributed by atoms with Gasteiger partial charge in [0, 0.05) is 31.4 Å². The Morgan fingerprint density at radius 3 is 2.74 bits per heavy atom. The maximum atomic E-state index is 6.03. The number of para-hydroxylation sites is 1. The topological polar surface area (TPSA) is 32.5 Å². The van der Waals surface area contributed by atoms with Crippen LogP contribution in [0, 0.1) is 0 Å². The summed E-state index contributed by atoms with van der Waals surface area (Å²) in [5.41, 5.74) is 8.84. The molecule has 2 unspecified atom stereocenters. The smallest absolute Gasteiger partial charge is 0.0539 e. The average molecular weight is 261 g/mol. The van der Waals surface area contributed by atoms with Crippen LogP contribution in [0.5, 0.6) is 0 Å². The van der Waals surface area contributed by atoms with Crippen LogP contribution in [0.4, 0.5) is 5.69 Å². The summed E-state index contributed by atoms with van der Waals surface area (Å²) in [5, 5.41) is 0. The second-order valence-corrected chi connectivity index (χ2v) is 5.64. The lowest BCUT2D eigenvalue weighted by Gasteiger charge is -2.33. The number of benzene rings is 1. The normalized spacial score (nSPS) is 25.4. The van der Waals surface area contributed by atoms with E-state index in [2.05, 4.69) is 55.0 Å². The zero-order valence-electron chi connectivity index (χ0n) is 12.5. The fourth-order valence-corrected chi connectivity index (χ4v) is 2.95. The van der Waals surface area contributed by atoms with Gasteiger partial charge in [0.05, 0.1) is 6.04 Å². The summed E-state index contributed by atoms with van der Waals surface area (Å²) in [5.74, 6) is 0. The molecule has 2 N–H and O–H groups in total. The molecule has 0 bridgehead atoms. The fourth-order valence-electron chi connectivity index (χ4n) is 2.95. The molecule has 1 heterocycles. The van der Waals surface area contributed by atoms with Crippen LogP contribution in [0.15, 0.2) is 24.3 Å². The highest BCUT2D eigenvalue weighted by Crippen LogP contribution is 2.26. The minimum Gasteiger partial charge on any atom is -0.366 e. The largest absolute Gasteiger partial charge is 0.366 e. The highest BCUT2D eigenvalue weighted by atomic mass is 15.3. The molecule has 1 fully saturated rings. The van der Waals surface area contributed by atoms with Crippen LogP contribution in [-0.4, -0.2) is 43.7 Å². The zero-order valence-corrected chi connectivity index (χ0v) is 12.5. The van der Waals surface area contributed by atoms with Crippen LogP contribution in [0.1, 0.15) is 25.8 Å². The molecule has 0 spiro atoms. The van der Waals surface area contributed by atoms with Gasteiger partial charge in [0.2, 0.25) is 0 Å². The Labute approximate surface area is 117 Å². The lowest BCUT2D eigenvalue weighted by atomic mass is 10.1. The molecule has 3 heteroatoms. The van der Waals surface area contributed by atoms with E-state index >= 15 is 0 Å². The Morgan fingerprint density at radius 2 is 2.05 bits per heavy atom. The third kappa shape index (κ3) is 3.10. The summed E-state index contributed by atoms with van der Waals surface area (Å²) in [6, 6.07) is 9.81. The molecule has 1 aromatic rings. The molecule has 2 rings (SSSR count). The SMILES string of the molecule is CCc1ccccc1N1CCC(C)N(C)CC1CN. The van der Waals surface area contributed by atoms with Crippen molar-refractivity contribution >= 4 is 5.69 Å². The summed E-state index contributed by atoms with van der Waals surface area (Å²) in [6.07, 6.45) is 2.28. The van der Waals surface area contributed by atoms with Crippen molar-refractivity contribution in [2.45, 2.75) is 38.8 Å². The standard InChI is InChI=1S/C16H27N3/c1-4-14-7-5-6-8-16(14)19-10-9-13(2)18(3)12-15(19)11-17/h5-8,13,15H,4,9-12,17H2,1-3H3. The van der Waals surface area contributed by atoms with Gasteiger partial charge in [-0.15, -0.1) is 0 Å². The second kappa shape index (κ2) is 6.40. The lowest BCUT2D eigenvalue weighted by Crippen LogP contribution is -2.46. The Hall–Kier alpha value is -1.06. The van der Waals surface area contributed by atoms with E-state index in [4.69, 9.17) is 5.73 Å². The van der Waals surface area contributed by atoms with Crippen LogP contribution >= 0.6 is 0 Å². The Morgan fingerprint density at radius 1 is 1.32 bits per heavy atom. The van der Waals surface area contributed by atoms with Gasteiger partial charge < -0.3 is 15.5 Å². The lowest BCUT2D eigenvalue weighted by molar-refractivity contribution is 0.256. The number of hydrogen-bond donors (Lipinski definition) is 1. The van der Waals surface area contributed by atoms with Gasteiger partial charge in [0.15, 0.2) is 0 Å². The molecule has 0 aromatic heterocycles. The minimum atomic E-state index is 0.419. The van der Waals surface area contributed by atoms with Crippen molar-refractivity contribution in [3.8, 4) is 0 Å². The first-order valence-corrected chi connectivity index (χ1v) is 7.42. The molecule has 1 saturated heterocycles. The molecule has 1 aliphatic rings. The van der Waals surface area contributed by atoms with Crippen LogP contribution in [0.3, 0.4) is 0 Å². The van der Waals surface area contributed by atoms with Crippen molar-refractivity contribution < 1.29 is 0 Å². The molecule has 0 saturated carbocycles. The number of nitrogens with zero attached hydrogens (tertiary/aromatic N) is 2. The summed E-state index contributed by atoms with van der Waals surface area (Å²) < 4.78 is 0. The molecule has 0 aliphatic carbocycles. The van der Waals surface area contributed by atoms with E-state index in [-0.39, 0.29) is 0 Å². The van der Waals surface area contributed by atoms with Crippen molar-refractivity contribution in [2.24, 2.45) is 5.73 Å². The molecule has 1 aromatic carbocycles. The first-order chi connectivity index (χ1) is 9.17. The maximum Gasteiger partial charge on any atom is 0.0539 e. The van der Waals surface area contributed by atoms with Gasteiger partial charge in [-0.1, -0.05) is 25.1 Å². The molecule has 19 heavy (non-hydrogen) atoms. The Balaban J connectivity index is 2.30. The summed E-state index contributed by atoms with van der Waals surface area (Å²) in [4.78, 5) is 4.96. The molecule has 0 radical (unpaired) electrons. The number of hydrogen-bond acceptors (Lipinski definition) is 3. The quantitative estimate of drug-likeness (QED) is 0.904. The van der Waals surface area contributed by atoms with Gasteiger partial charge >= 0.3 is 0 Å². The van der Waals surface area contributed by atoms with Crippen LogP contribution in [-0.2, 0) is 6.42 Å². The summed E-state index contributed by atoms with van der Waals surface area (Å²) in [7, 11) is 2.21. The molecule has 106 valence electrons. The Kier molecular flexibility index (Phi) is 4.83. The van der Waals surface area contributed by atoms with Crippen molar-refractivity contribution in [3.05, 3.63) is 29.8 Å². The number of rotatable bonds is 3. The Bertz CT molecular complexity index is 405. The zero-order chi connectivity index (χ0) is 13.8. The highest BCUT2D eigenvalue weighted by molar-refractivity contribution is 5.54. The predicted molar refractivity (Wildman–Crippen MR) is 82.7 cm³/mol. The van der Waals surface area contributed by atoms with E-state index in [1.807, 2.05) is 0 Å². The number of aryl methyl sites for hydroxylation is 1. The second-order valence-electron chi connectivity index (χ2n) is 5.64. The van der Waals surface area contributed by atoms with E-state index in [0.717, 1.165) is 26.1 Å². The summed E-state index contributed by atoms with van der Waals surface area (Å²) in [6.45, 7) is 7.40. The molecule has 3 nitrogen and oxygen atoms in total.